The Morgan fingerprint density at radius 2 is 2.09 bits per heavy atom. The van der Waals surface area contributed by atoms with Crippen LogP contribution < -0.4 is 5.69 Å². The van der Waals surface area contributed by atoms with Gasteiger partial charge < -0.3 is 15.2 Å². The van der Waals surface area contributed by atoms with E-state index in [-0.39, 0.29) is 10.3 Å². The maximum atomic E-state index is 10.6. The molecule has 0 spiro atoms. The summed E-state index contributed by atoms with van der Waals surface area (Å²) in [4.78, 5) is 15.0. The molecule has 0 saturated heterocycles. The maximum Gasteiger partial charge on any atom is 0.324 e. The fourth-order valence-electron chi connectivity index (χ4n) is 0.627. The van der Waals surface area contributed by atoms with Crippen LogP contribution in [0.1, 0.15) is 12.0 Å². The molecule has 11 heavy (non-hydrogen) atoms. The number of aromatic nitrogens is 2. The third-order valence-electron chi connectivity index (χ3n) is 1.06. The zero-order valence-electron chi connectivity index (χ0n) is 5.37. The highest BCUT2D eigenvalue weighted by molar-refractivity contribution is 7.71. The molecule has 5 nitrogen and oxygen atoms in total. The Labute approximate surface area is 66.3 Å². The lowest BCUT2D eigenvalue weighted by molar-refractivity contribution is -0.0461. The van der Waals surface area contributed by atoms with Crippen LogP contribution in [0.15, 0.2) is 10.9 Å². The summed E-state index contributed by atoms with van der Waals surface area (Å²) < 4.78 is 0.164. The number of rotatable bonds is 1. The van der Waals surface area contributed by atoms with E-state index in [0.717, 1.165) is 0 Å². The molecule has 0 atom stereocenters. The molecule has 1 aromatic heterocycles. The summed E-state index contributed by atoms with van der Waals surface area (Å²) in [6.07, 6.45) is -1.70. The second-order valence-electron chi connectivity index (χ2n) is 1.92. The first-order valence-electron chi connectivity index (χ1n) is 2.79. The molecule has 1 heterocycles. The first-order chi connectivity index (χ1) is 5.09. The highest BCUT2D eigenvalue weighted by Crippen LogP contribution is 2.01. The molecule has 0 fully saturated rings. The maximum absolute atomic E-state index is 10.6. The summed E-state index contributed by atoms with van der Waals surface area (Å²) >= 11 is 4.61. The van der Waals surface area contributed by atoms with Gasteiger partial charge >= 0.3 is 5.69 Å². The SMILES string of the molecule is O=c1[nH]c(C(O)O)cc(=S)[nH]1. The standard InChI is InChI=1S/C5H6N2O3S/c8-4(9)2-1-3(11)7-5(10)6-2/h1,4,8-9H,(H2,6,7,10,11). The van der Waals surface area contributed by atoms with Crippen molar-refractivity contribution >= 4 is 12.2 Å². The fraction of sp³-hybridized carbons (Fsp3) is 0.200. The zero-order valence-corrected chi connectivity index (χ0v) is 6.18. The van der Waals surface area contributed by atoms with E-state index < -0.39 is 12.0 Å². The van der Waals surface area contributed by atoms with Crippen molar-refractivity contribution in [2.75, 3.05) is 0 Å². The van der Waals surface area contributed by atoms with Gasteiger partial charge in [-0.3, -0.25) is 4.98 Å². The molecule has 1 aromatic rings. The molecular weight excluding hydrogens is 168 g/mol. The molecular formula is C5H6N2O3S. The van der Waals surface area contributed by atoms with Gasteiger partial charge in [-0.15, -0.1) is 0 Å². The first kappa shape index (κ1) is 8.12. The average Bonchev–Trinajstić information content (AvgIpc) is 1.85. The Hall–Kier alpha value is -0.980. The van der Waals surface area contributed by atoms with E-state index in [9.17, 15) is 4.79 Å². The van der Waals surface area contributed by atoms with Crippen molar-refractivity contribution in [2.45, 2.75) is 6.29 Å². The van der Waals surface area contributed by atoms with E-state index in [2.05, 4.69) is 22.2 Å². The Bertz CT molecular complexity index is 325. The summed E-state index contributed by atoms with van der Waals surface area (Å²) in [5.74, 6) is 0. The Kier molecular flexibility index (Phi) is 2.18. The van der Waals surface area contributed by atoms with E-state index in [1.807, 2.05) is 0 Å². The number of aliphatic hydroxyl groups excluding tert-OH is 1. The lowest BCUT2D eigenvalue weighted by Gasteiger charge is -2.00. The summed E-state index contributed by atoms with van der Waals surface area (Å²) in [7, 11) is 0. The van der Waals surface area contributed by atoms with Crippen molar-refractivity contribution in [3.8, 4) is 0 Å². The average molecular weight is 174 g/mol. The molecule has 0 saturated carbocycles. The Morgan fingerprint density at radius 3 is 2.55 bits per heavy atom. The summed E-state index contributed by atoms with van der Waals surface area (Å²) in [6.45, 7) is 0. The van der Waals surface area contributed by atoms with E-state index in [4.69, 9.17) is 10.2 Å². The van der Waals surface area contributed by atoms with Gasteiger partial charge in [-0.2, -0.15) is 0 Å². The van der Waals surface area contributed by atoms with Crippen LogP contribution in [0.5, 0.6) is 0 Å². The molecule has 0 radical (unpaired) electrons. The molecule has 1 rings (SSSR count). The molecule has 0 aliphatic heterocycles. The smallest absolute Gasteiger partial charge is 0.324 e. The molecule has 6 heteroatoms. The first-order valence-corrected chi connectivity index (χ1v) is 3.20. The van der Waals surface area contributed by atoms with E-state index >= 15 is 0 Å². The van der Waals surface area contributed by atoms with Crippen molar-refractivity contribution in [1.29, 1.82) is 0 Å². The highest BCUT2D eigenvalue weighted by Gasteiger charge is 2.01. The minimum absolute atomic E-state index is 0.0150. The lowest BCUT2D eigenvalue weighted by atomic mass is 10.4. The molecule has 0 aromatic carbocycles. The van der Waals surface area contributed by atoms with Crippen molar-refractivity contribution in [2.24, 2.45) is 0 Å². The van der Waals surface area contributed by atoms with Crippen LogP contribution in [0.3, 0.4) is 0 Å². The molecule has 0 aliphatic rings. The van der Waals surface area contributed by atoms with E-state index in [1.165, 1.54) is 6.07 Å². The van der Waals surface area contributed by atoms with Crippen molar-refractivity contribution < 1.29 is 10.2 Å². The highest BCUT2D eigenvalue weighted by atomic mass is 32.1. The van der Waals surface area contributed by atoms with Crippen LogP contribution in [0, 0.1) is 4.64 Å². The van der Waals surface area contributed by atoms with Gasteiger partial charge in [0.25, 0.3) is 0 Å². The summed E-state index contributed by atoms with van der Waals surface area (Å²) in [6, 6.07) is 1.27. The Morgan fingerprint density at radius 1 is 1.45 bits per heavy atom. The minimum atomic E-state index is -1.70. The second-order valence-corrected chi connectivity index (χ2v) is 2.36. The van der Waals surface area contributed by atoms with Crippen LogP contribution in [-0.2, 0) is 0 Å². The topological polar surface area (TPSA) is 89.1 Å². The van der Waals surface area contributed by atoms with Gasteiger partial charge in [0.05, 0.1) is 5.69 Å². The van der Waals surface area contributed by atoms with Gasteiger partial charge in [-0.25, -0.2) is 4.79 Å². The molecule has 0 aliphatic carbocycles. The van der Waals surface area contributed by atoms with Crippen molar-refractivity contribution in [3.05, 3.63) is 26.9 Å². The zero-order chi connectivity index (χ0) is 8.43. The molecule has 4 N–H and O–H groups in total. The van der Waals surface area contributed by atoms with Crippen molar-refractivity contribution in [3.63, 3.8) is 0 Å². The molecule has 60 valence electrons. The number of aromatic amines is 2. The number of H-pyrrole nitrogens is 2. The monoisotopic (exact) mass is 174 g/mol. The van der Waals surface area contributed by atoms with Gasteiger partial charge in [0.1, 0.15) is 4.64 Å². The molecule has 0 bridgehead atoms. The predicted octanol–water partition coefficient (Wildman–Crippen LogP) is -0.584. The summed E-state index contributed by atoms with van der Waals surface area (Å²) in [5, 5.41) is 17.2. The van der Waals surface area contributed by atoms with Crippen LogP contribution in [0.2, 0.25) is 0 Å². The van der Waals surface area contributed by atoms with Crippen LogP contribution in [-0.4, -0.2) is 20.2 Å². The van der Waals surface area contributed by atoms with Crippen LogP contribution in [0.4, 0.5) is 0 Å². The number of hydrogen-bond donors (Lipinski definition) is 4. The van der Waals surface area contributed by atoms with Gasteiger partial charge in [0.15, 0.2) is 6.29 Å². The quantitative estimate of drug-likeness (QED) is 0.338. The minimum Gasteiger partial charge on any atom is -0.363 e. The van der Waals surface area contributed by atoms with Crippen molar-refractivity contribution in [1.82, 2.24) is 9.97 Å². The Balaban J connectivity index is 3.30. The van der Waals surface area contributed by atoms with E-state index in [0.29, 0.717) is 0 Å². The molecule has 0 amide bonds. The van der Waals surface area contributed by atoms with Crippen LogP contribution >= 0.6 is 12.2 Å². The largest absolute Gasteiger partial charge is 0.363 e. The van der Waals surface area contributed by atoms with Gasteiger partial charge in [-0.1, -0.05) is 12.2 Å². The normalized spacial score (nSPS) is 10.5. The fourth-order valence-corrected chi connectivity index (χ4v) is 0.846. The number of aliphatic hydroxyl groups is 2. The lowest BCUT2D eigenvalue weighted by Crippen LogP contribution is -2.14. The third-order valence-corrected chi connectivity index (χ3v) is 1.28. The van der Waals surface area contributed by atoms with Gasteiger partial charge in [0.2, 0.25) is 0 Å². The molecule has 0 unspecified atom stereocenters. The summed E-state index contributed by atoms with van der Waals surface area (Å²) in [5.41, 5.74) is -0.570. The number of hydrogen-bond acceptors (Lipinski definition) is 4. The van der Waals surface area contributed by atoms with Crippen LogP contribution in [0.25, 0.3) is 0 Å². The van der Waals surface area contributed by atoms with E-state index in [1.54, 1.807) is 0 Å². The predicted molar refractivity (Wildman–Crippen MR) is 39.4 cm³/mol. The third kappa shape index (κ3) is 1.97. The van der Waals surface area contributed by atoms with Gasteiger partial charge in [-0.05, 0) is 6.07 Å². The van der Waals surface area contributed by atoms with Gasteiger partial charge in [0, 0.05) is 0 Å². The number of nitrogens with one attached hydrogen (secondary N) is 2. The second kappa shape index (κ2) is 2.95.